The summed E-state index contributed by atoms with van der Waals surface area (Å²) in [6.07, 6.45) is -4.00. The van der Waals surface area contributed by atoms with Crippen molar-refractivity contribution in [2.45, 2.75) is 12.6 Å². The number of alkyl halides is 3. The van der Waals surface area contributed by atoms with Gasteiger partial charge in [-0.1, -0.05) is 18.2 Å². The molecule has 2 nitrogen and oxygen atoms in total. The molecule has 0 aliphatic heterocycles. The molecule has 0 aliphatic carbocycles. The summed E-state index contributed by atoms with van der Waals surface area (Å²) in [7, 11) is 0. The normalized spacial score (nSPS) is 11.7. The highest BCUT2D eigenvalue weighted by atomic mass is 32.2. The zero-order chi connectivity index (χ0) is 12.5. The van der Waals surface area contributed by atoms with Crippen LogP contribution >= 0.6 is 23.8 Å². The first-order valence-corrected chi connectivity index (χ1v) is 5.88. The van der Waals surface area contributed by atoms with E-state index in [0.29, 0.717) is 21.8 Å². The molecule has 0 fully saturated rings. The van der Waals surface area contributed by atoms with E-state index in [4.69, 9.17) is 12.2 Å². The van der Waals surface area contributed by atoms with E-state index in [1.54, 1.807) is 6.07 Å². The highest BCUT2D eigenvalue weighted by molar-refractivity contribution is 7.73. The Balaban J connectivity index is 2.25. The maximum Gasteiger partial charge on any atom is 0.416 e. The third kappa shape index (κ3) is 3.13. The molecule has 0 unspecified atom stereocenters. The number of halogens is 3. The molecule has 1 heterocycles. The number of nitrogens with one attached hydrogen (secondary N) is 1. The van der Waals surface area contributed by atoms with Crippen LogP contribution in [0.2, 0.25) is 0 Å². The quantitative estimate of drug-likeness (QED) is 0.845. The molecule has 2 rings (SSSR count). The van der Waals surface area contributed by atoms with Gasteiger partial charge in [0.2, 0.25) is 0 Å². The average Bonchev–Trinajstić information content (AvgIpc) is 2.63. The van der Waals surface area contributed by atoms with Gasteiger partial charge in [-0.05, 0) is 35.4 Å². The lowest BCUT2D eigenvalue weighted by atomic mass is 10.1. The third-order valence-electron chi connectivity index (χ3n) is 2.11. The zero-order valence-corrected chi connectivity index (χ0v) is 10.0. The van der Waals surface area contributed by atoms with Gasteiger partial charge in [-0.2, -0.15) is 13.2 Å². The van der Waals surface area contributed by atoms with E-state index < -0.39 is 11.7 Å². The van der Waals surface area contributed by atoms with Crippen molar-refractivity contribution in [3.63, 3.8) is 0 Å². The second-order valence-corrected chi connectivity index (χ2v) is 4.84. The number of hydrogen-bond acceptors (Lipinski definition) is 3. The van der Waals surface area contributed by atoms with Gasteiger partial charge >= 0.3 is 6.18 Å². The molecule has 0 saturated carbocycles. The summed E-state index contributed by atoms with van der Waals surface area (Å²) in [6, 6.07) is 5.19. The van der Waals surface area contributed by atoms with Crippen molar-refractivity contribution in [1.82, 2.24) is 9.36 Å². The van der Waals surface area contributed by atoms with Crippen molar-refractivity contribution >= 4 is 23.8 Å². The van der Waals surface area contributed by atoms with Gasteiger partial charge in [-0.3, -0.25) is 4.37 Å². The lowest BCUT2D eigenvalue weighted by Gasteiger charge is -2.07. The van der Waals surface area contributed by atoms with Crippen LogP contribution < -0.4 is 0 Å². The van der Waals surface area contributed by atoms with Crippen LogP contribution in [0.1, 0.15) is 17.0 Å². The van der Waals surface area contributed by atoms with Crippen LogP contribution in [0.5, 0.6) is 0 Å². The Labute approximate surface area is 104 Å². The molecule has 17 heavy (non-hydrogen) atoms. The third-order valence-corrected chi connectivity index (χ3v) is 3.05. The van der Waals surface area contributed by atoms with E-state index >= 15 is 0 Å². The van der Waals surface area contributed by atoms with Gasteiger partial charge in [0.1, 0.15) is 5.82 Å². The largest absolute Gasteiger partial charge is 0.416 e. The summed E-state index contributed by atoms with van der Waals surface area (Å²) >= 11 is 6.02. The molecule has 1 N–H and O–H groups in total. The molecular weight excluding hydrogens is 269 g/mol. The molecule has 90 valence electrons. The van der Waals surface area contributed by atoms with Gasteiger partial charge in [0.25, 0.3) is 0 Å². The minimum absolute atomic E-state index is 0.317. The number of benzene rings is 1. The number of aromatic nitrogens is 2. The van der Waals surface area contributed by atoms with E-state index in [0.717, 1.165) is 12.1 Å². The summed E-state index contributed by atoms with van der Waals surface area (Å²) in [4.78, 5) is 3.99. The molecule has 2 aromatic rings. The lowest BCUT2D eigenvalue weighted by Crippen LogP contribution is -2.05. The summed E-state index contributed by atoms with van der Waals surface area (Å²) in [5, 5.41) is 0. The lowest BCUT2D eigenvalue weighted by molar-refractivity contribution is -0.137. The SMILES string of the molecule is FC(F)(F)c1cccc(Cc2nc(=S)s[nH]2)c1. The van der Waals surface area contributed by atoms with Crippen LogP contribution in [0.15, 0.2) is 24.3 Å². The van der Waals surface area contributed by atoms with Crippen LogP contribution in [0, 0.1) is 3.95 Å². The molecule has 1 aromatic heterocycles. The second-order valence-electron chi connectivity index (χ2n) is 3.40. The molecule has 7 heteroatoms. The Morgan fingerprint density at radius 2 is 2.12 bits per heavy atom. The van der Waals surface area contributed by atoms with Gasteiger partial charge in [-0.25, -0.2) is 4.98 Å². The summed E-state index contributed by atoms with van der Waals surface area (Å²) in [5.41, 5.74) is -0.0970. The van der Waals surface area contributed by atoms with E-state index in [9.17, 15) is 13.2 Å². The molecule has 0 amide bonds. The minimum Gasteiger partial charge on any atom is -0.296 e. The van der Waals surface area contributed by atoms with Crippen LogP contribution in [0.4, 0.5) is 13.2 Å². The van der Waals surface area contributed by atoms with Crippen LogP contribution in [-0.4, -0.2) is 9.36 Å². The van der Waals surface area contributed by atoms with Crippen LogP contribution in [0.25, 0.3) is 0 Å². The Hall–Kier alpha value is -1.21. The van der Waals surface area contributed by atoms with E-state index in [1.165, 1.54) is 17.6 Å². The maximum absolute atomic E-state index is 12.5. The van der Waals surface area contributed by atoms with Crippen molar-refractivity contribution in [3.05, 3.63) is 45.2 Å². The van der Waals surface area contributed by atoms with Crippen molar-refractivity contribution < 1.29 is 13.2 Å². The van der Waals surface area contributed by atoms with Gasteiger partial charge in [-0.15, -0.1) is 0 Å². The van der Waals surface area contributed by atoms with E-state index in [-0.39, 0.29) is 0 Å². The molecule has 0 bridgehead atoms. The van der Waals surface area contributed by atoms with E-state index in [1.807, 2.05) is 0 Å². The number of H-pyrrole nitrogens is 1. The maximum atomic E-state index is 12.5. The Morgan fingerprint density at radius 3 is 2.71 bits per heavy atom. The molecule has 0 spiro atoms. The fraction of sp³-hybridized carbons (Fsp3) is 0.200. The number of nitrogens with zero attached hydrogens (tertiary/aromatic N) is 1. The molecule has 0 atom stereocenters. The highest BCUT2D eigenvalue weighted by Crippen LogP contribution is 2.29. The van der Waals surface area contributed by atoms with Crippen LogP contribution in [0.3, 0.4) is 0 Å². The highest BCUT2D eigenvalue weighted by Gasteiger charge is 2.30. The average molecular weight is 276 g/mol. The summed E-state index contributed by atoms with van der Waals surface area (Å²) in [5.74, 6) is 0.583. The Bertz CT molecular complexity index is 571. The van der Waals surface area contributed by atoms with Gasteiger partial charge in [0.05, 0.1) is 5.56 Å². The van der Waals surface area contributed by atoms with Crippen molar-refractivity contribution in [2.75, 3.05) is 0 Å². The Morgan fingerprint density at radius 1 is 1.35 bits per heavy atom. The Kier molecular flexibility index (Phi) is 3.30. The van der Waals surface area contributed by atoms with E-state index in [2.05, 4.69) is 9.36 Å². The van der Waals surface area contributed by atoms with Crippen molar-refractivity contribution in [2.24, 2.45) is 0 Å². The molecule has 1 aromatic carbocycles. The number of hydrogen-bond donors (Lipinski definition) is 1. The standard InChI is InChI=1S/C10H7F3N2S2/c11-10(12,13)7-3-1-2-6(4-7)5-8-14-9(16)17-15-8/h1-4H,5H2,(H,14,15,16). The predicted molar refractivity (Wildman–Crippen MR) is 61.5 cm³/mol. The fourth-order valence-electron chi connectivity index (χ4n) is 1.38. The zero-order valence-electron chi connectivity index (χ0n) is 8.41. The van der Waals surface area contributed by atoms with Gasteiger partial charge in [0.15, 0.2) is 3.95 Å². The first kappa shape index (κ1) is 12.3. The van der Waals surface area contributed by atoms with Crippen molar-refractivity contribution in [3.8, 4) is 0 Å². The smallest absolute Gasteiger partial charge is 0.296 e. The molecule has 0 saturated heterocycles. The summed E-state index contributed by atoms with van der Waals surface area (Å²) < 4.78 is 40.7. The monoisotopic (exact) mass is 276 g/mol. The fourth-order valence-corrected chi connectivity index (χ4v) is 2.10. The van der Waals surface area contributed by atoms with Gasteiger partial charge in [0, 0.05) is 6.42 Å². The predicted octanol–water partition coefficient (Wildman–Crippen LogP) is 3.81. The molecule has 0 radical (unpaired) electrons. The topological polar surface area (TPSA) is 28.7 Å². The van der Waals surface area contributed by atoms with Crippen molar-refractivity contribution in [1.29, 1.82) is 0 Å². The molecular formula is C10H7F3N2S2. The first-order chi connectivity index (χ1) is 7.95. The second kappa shape index (κ2) is 4.58. The molecule has 0 aliphatic rings. The number of rotatable bonds is 2. The van der Waals surface area contributed by atoms with Gasteiger partial charge < -0.3 is 0 Å². The minimum atomic E-state index is -4.31. The summed E-state index contributed by atoms with van der Waals surface area (Å²) in [6.45, 7) is 0. The first-order valence-electron chi connectivity index (χ1n) is 4.66. The van der Waals surface area contributed by atoms with Crippen LogP contribution in [-0.2, 0) is 12.6 Å². The number of aromatic amines is 1.